The van der Waals surface area contributed by atoms with E-state index in [0.717, 1.165) is 43.1 Å². The van der Waals surface area contributed by atoms with Gasteiger partial charge in [0, 0.05) is 23.7 Å². The van der Waals surface area contributed by atoms with Crippen molar-refractivity contribution in [2.24, 2.45) is 0 Å². The minimum Gasteiger partial charge on any atom is -0.394 e. The molecule has 0 aliphatic heterocycles. The van der Waals surface area contributed by atoms with Gasteiger partial charge in [0.25, 0.3) is 0 Å². The number of thioether (sulfide) groups is 1. The maximum Gasteiger partial charge on any atom is 0.165 e. The molecular formula is C13H25N3OS. The number of nitrogens with zero attached hydrogens (tertiary/aromatic N) is 1. The maximum atomic E-state index is 9.60. The van der Waals surface area contributed by atoms with Gasteiger partial charge >= 0.3 is 0 Å². The van der Waals surface area contributed by atoms with Crippen molar-refractivity contribution >= 4 is 11.8 Å². The number of aliphatic hydroxyl groups is 1. The van der Waals surface area contributed by atoms with Crippen LogP contribution in [-0.4, -0.2) is 39.5 Å². The van der Waals surface area contributed by atoms with Crippen LogP contribution >= 0.6 is 11.8 Å². The zero-order chi connectivity index (χ0) is 13.3. The standard InChI is InChI=1S/C13H25N3OS/c1-3-7-16-13(4-2,11-17)6-5-10-18-12-14-8-9-15-12/h8-9,16-17H,3-7,10-11H2,1-2H3,(H,14,15). The molecular weight excluding hydrogens is 246 g/mol. The number of H-pyrrole nitrogens is 1. The minimum absolute atomic E-state index is 0.0975. The quantitative estimate of drug-likeness (QED) is 0.452. The lowest BCUT2D eigenvalue weighted by atomic mass is 9.91. The average molecular weight is 271 g/mol. The lowest BCUT2D eigenvalue weighted by Crippen LogP contribution is -2.48. The predicted octanol–water partition coefficient (Wildman–Crippen LogP) is 2.42. The molecule has 4 nitrogen and oxygen atoms in total. The lowest BCUT2D eigenvalue weighted by molar-refractivity contribution is 0.146. The highest BCUT2D eigenvalue weighted by Crippen LogP contribution is 2.21. The van der Waals surface area contributed by atoms with E-state index < -0.39 is 0 Å². The molecule has 0 radical (unpaired) electrons. The van der Waals surface area contributed by atoms with Gasteiger partial charge in [0.05, 0.1) is 6.61 Å². The van der Waals surface area contributed by atoms with Gasteiger partial charge in [-0.25, -0.2) is 4.98 Å². The highest BCUT2D eigenvalue weighted by atomic mass is 32.2. The van der Waals surface area contributed by atoms with Crippen LogP contribution in [0.4, 0.5) is 0 Å². The number of hydrogen-bond donors (Lipinski definition) is 3. The molecule has 0 aliphatic rings. The average Bonchev–Trinajstić information content (AvgIpc) is 2.92. The van der Waals surface area contributed by atoms with Gasteiger partial charge in [0.15, 0.2) is 5.16 Å². The van der Waals surface area contributed by atoms with Gasteiger partial charge in [-0.15, -0.1) is 0 Å². The molecule has 0 fully saturated rings. The third kappa shape index (κ3) is 5.00. The van der Waals surface area contributed by atoms with E-state index in [1.165, 1.54) is 0 Å². The van der Waals surface area contributed by atoms with Crippen LogP contribution in [0, 0.1) is 0 Å². The highest BCUT2D eigenvalue weighted by molar-refractivity contribution is 7.99. The Morgan fingerprint density at radius 2 is 2.33 bits per heavy atom. The van der Waals surface area contributed by atoms with E-state index in [2.05, 4.69) is 29.1 Å². The number of aromatic amines is 1. The Bertz CT molecular complexity index is 299. The first kappa shape index (κ1) is 15.5. The molecule has 1 atom stereocenters. The molecule has 3 N–H and O–H groups in total. The number of aromatic nitrogens is 2. The second-order valence-corrected chi connectivity index (χ2v) is 5.65. The van der Waals surface area contributed by atoms with E-state index in [1.54, 1.807) is 18.0 Å². The van der Waals surface area contributed by atoms with Crippen LogP contribution in [0.25, 0.3) is 0 Å². The summed E-state index contributed by atoms with van der Waals surface area (Å²) in [5.74, 6) is 1.03. The van der Waals surface area contributed by atoms with Gasteiger partial charge in [-0.3, -0.25) is 0 Å². The molecule has 0 spiro atoms. The largest absolute Gasteiger partial charge is 0.394 e. The molecule has 5 heteroatoms. The van der Waals surface area contributed by atoms with Gasteiger partial charge in [0.2, 0.25) is 0 Å². The molecule has 18 heavy (non-hydrogen) atoms. The minimum atomic E-state index is -0.0975. The van der Waals surface area contributed by atoms with Crippen molar-refractivity contribution in [2.45, 2.75) is 50.2 Å². The normalized spacial score (nSPS) is 14.6. The Morgan fingerprint density at radius 3 is 2.89 bits per heavy atom. The number of nitrogens with one attached hydrogen (secondary N) is 2. The summed E-state index contributed by atoms with van der Waals surface area (Å²) in [5.41, 5.74) is -0.0975. The van der Waals surface area contributed by atoms with Crippen LogP contribution in [0.15, 0.2) is 17.6 Å². The number of aliphatic hydroxyl groups excluding tert-OH is 1. The molecule has 0 aromatic carbocycles. The first-order valence-corrected chi connectivity index (χ1v) is 7.73. The van der Waals surface area contributed by atoms with Gasteiger partial charge in [-0.2, -0.15) is 0 Å². The predicted molar refractivity (Wildman–Crippen MR) is 76.9 cm³/mol. The van der Waals surface area contributed by atoms with Crippen molar-refractivity contribution in [1.82, 2.24) is 15.3 Å². The first-order chi connectivity index (χ1) is 8.76. The Balaban J connectivity index is 2.28. The summed E-state index contributed by atoms with van der Waals surface area (Å²) in [4.78, 5) is 7.27. The number of rotatable bonds is 10. The molecule has 0 aliphatic carbocycles. The summed E-state index contributed by atoms with van der Waals surface area (Å²) in [7, 11) is 0. The Labute approximate surface area is 114 Å². The van der Waals surface area contributed by atoms with Crippen LogP contribution in [0.1, 0.15) is 39.5 Å². The zero-order valence-corrected chi connectivity index (χ0v) is 12.2. The Kier molecular flexibility index (Phi) is 7.39. The van der Waals surface area contributed by atoms with Crippen LogP contribution in [0.2, 0.25) is 0 Å². The second-order valence-electron chi connectivity index (χ2n) is 4.57. The SMILES string of the molecule is CCCNC(CC)(CO)CCCSc1ncc[nH]1. The topological polar surface area (TPSA) is 60.9 Å². The van der Waals surface area contributed by atoms with Crippen LogP contribution in [0.5, 0.6) is 0 Å². The van der Waals surface area contributed by atoms with E-state index in [0.29, 0.717) is 0 Å². The smallest absolute Gasteiger partial charge is 0.165 e. The number of imidazole rings is 1. The fraction of sp³-hybridized carbons (Fsp3) is 0.769. The molecule has 0 amide bonds. The highest BCUT2D eigenvalue weighted by Gasteiger charge is 2.25. The molecule has 1 aromatic rings. The van der Waals surface area contributed by atoms with Crippen molar-refractivity contribution < 1.29 is 5.11 Å². The van der Waals surface area contributed by atoms with Crippen LogP contribution in [-0.2, 0) is 0 Å². The molecule has 0 saturated heterocycles. The van der Waals surface area contributed by atoms with E-state index in [1.807, 2.05) is 6.20 Å². The summed E-state index contributed by atoms with van der Waals surface area (Å²) in [6.45, 7) is 5.48. The lowest BCUT2D eigenvalue weighted by Gasteiger charge is -2.32. The summed E-state index contributed by atoms with van der Waals surface area (Å²) in [5, 5.41) is 14.1. The van der Waals surface area contributed by atoms with Crippen LogP contribution < -0.4 is 5.32 Å². The van der Waals surface area contributed by atoms with Gasteiger partial charge in [0.1, 0.15) is 0 Å². The van der Waals surface area contributed by atoms with E-state index in [-0.39, 0.29) is 12.1 Å². The molecule has 1 aromatic heterocycles. The molecule has 1 rings (SSSR count). The first-order valence-electron chi connectivity index (χ1n) is 6.74. The fourth-order valence-electron chi connectivity index (χ4n) is 1.94. The third-order valence-corrected chi connectivity index (χ3v) is 4.23. The van der Waals surface area contributed by atoms with Gasteiger partial charge in [-0.1, -0.05) is 25.6 Å². The van der Waals surface area contributed by atoms with E-state index >= 15 is 0 Å². The summed E-state index contributed by atoms with van der Waals surface area (Å²) in [6, 6.07) is 0. The molecule has 1 unspecified atom stereocenters. The van der Waals surface area contributed by atoms with Crippen molar-refractivity contribution in [3.05, 3.63) is 12.4 Å². The summed E-state index contributed by atoms with van der Waals surface area (Å²) < 4.78 is 0. The maximum absolute atomic E-state index is 9.60. The number of hydrogen-bond acceptors (Lipinski definition) is 4. The molecule has 0 saturated carbocycles. The Morgan fingerprint density at radius 1 is 1.50 bits per heavy atom. The van der Waals surface area contributed by atoms with Crippen LogP contribution in [0.3, 0.4) is 0 Å². The fourth-order valence-corrected chi connectivity index (χ4v) is 2.71. The monoisotopic (exact) mass is 271 g/mol. The van der Waals surface area contributed by atoms with Crippen molar-refractivity contribution in [3.63, 3.8) is 0 Å². The van der Waals surface area contributed by atoms with Gasteiger partial charge < -0.3 is 15.4 Å². The molecule has 1 heterocycles. The third-order valence-electron chi connectivity index (χ3n) is 3.24. The Hall–Kier alpha value is -0.520. The van der Waals surface area contributed by atoms with Crippen molar-refractivity contribution in [3.8, 4) is 0 Å². The zero-order valence-electron chi connectivity index (χ0n) is 11.4. The second kappa shape index (κ2) is 8.56. The van der Waals surface area contributed by atoms with Crippen molar-refractivity contribution in [2.75, 3.05) is 18.9 Å². The molecule has 0 bridgehead atoms. The van der Waals surface area contributed by atoms with Gasteiger partial charge in [-0.05, 0) is 32.2 Å². The van der Waals surface area contributed by atoms with Crippen molar-refractivity contribution in [1.29, 1.82) is 0 Å². The summed E-state index contributed by atoms with van der Waals surface area (Å²) >= 11 is 1.74. The summed E-state index contributed by atoms with van der Waals surface area (Å²) in [6.07, 6.45) is 7.77. The molecule has 104 valence electrons. The van der Waals surface area contributed by atoms with E-state index in [9.17, 15) is 5.11 Å². The van der Waals surface area contributed by atoms with E-state index in [4.69, 9.17) is 0 Å².